The van der Waals surface area contributed by atoms with Crippen molar-refractivity contribution in [2.75, 3.05) is 6.61 Å². The van der Waals surface area contributed by atoms with Gasteiger partial charge in [0, 0.05) is 0 Å². The molecule has 4 atom stereocenters. The number of rotatable bonds is 44. The lowest BCUT2D eigenvalue weighted by Crippen LogP contribution is -2.53. The number of nitrogens with one attached hydrogen (secondary N) is 1. The van der Waals surface area contributed by atoms with Crippen molar-refractivity contribution in [1.82, 2.24) is 5.32 Å². The van der Waals surface area contributed by atoms with E-state index >= 15 is 0 Å². The van der Waals surface area contributed by atoms with E-state index in [-0.39, 0.29) is 0 Å². The predicted molar refractivity (Wildman–Crippen MR) is 228 cm³/mol. The van der Waals surface area contributed by atoms with Crippen molar-refractivity contribution in [1.29, 1.82) is 0 Å². The first kappa shape index (κ1) is 52.3. The second kappa shape index (κ2) is 42.5. The van der Waals surface area contributed by atoms with Crippen LogP contribution in [0.25, 0.3) is 0 Å². The van der Waals surface area contributed by atoms with Crippen molar-refractivity contribution >= 4 is 5.91 Å². The number of carbonyl (C=O) groups is 1. The number of unbranched alkanes of at least 4 members (excludes halogenated alkanes) is 35. The fourth-order valence-electron chi connectivity index (χ4n) is 7.76. The molecular formula is C47H95NO5. The minimum Gasteiger partial charge on any atom is -0.394 e. The zero-order chi connectivity index (χ0) is 38.9. The largest absolute Gasteiger partial charge is 0.394 e. The highest BCUT2D eigenvalue weighted by Gasteiger charge is 2.28. The van der Waals surface area contributed by atoms with Crippen LogP contribution >= 0.6 is 0 Å². The Morgan fingerprint density at radius 3 is 0.906 bits per heavy atom. The molecule has 6 nitrogen and oxygen atoms in total. The van der Waals surface area contributed by atoms with Crippen LogP contribution in [0.3, 0.4) is 0 Å². The Labute approximate surface area is 330 Å². The Bertz CT molecular complexity index is 721. The highest BCUT2D eigenvalue weighted by atomic mass is 16.3. The molecule has 0 rings (SSSR count). The van der Waals surface area contributed by atoms with Gasteiger partial charge in [0.05, 0.1) is 18.8 Å². The standard InChI is InChI=1S/C47H95NO5/c1-3-5-7-9-11-12-13-14-15-16-17-18-19-20-21-22-23-24-25-26-27-28-29-30-31-32-33-34-35-37-39-41-45(51)47(53)48-43(42-49)46(52)44(50)40-38-36-10-8-6-4-2/h43-46,49-52H,3-42H2,1-2H3,(H,48,53). The van der Waals surface area contributed by atoms with Crippen LogP contribution in [0, 0.1) is 0 Å². The van der Waals surface area contributed by atoms with E-state index in [0.29, 0.717) is 12.8 Å². The van der Waals surface area contributed by atoms with Gasteiger partial charge in [-0.05, 0) is 12.8 Å². The third-order valence-electron chi connectivity index (χ3n) is 11.6. The Hall–Kier alpha value is -0.690. The molecule has 0 spiro atoms. The van der Waals surface area contributed by atoms with Gasteiger partial charge in [0.25, 0.3) is 0 Å². The van der Waals surface area contributed by atoms with Crippen LogP contribution in [0.4, 0.5) is 0 Å². The molecule has 0 aromatic rings. The molecule has 0 aromatic heterocycles. The van der Waals surface area contributed by atoms with E-state index in [0.717, 1.165) is 38.5 Å². The SMILES string of the molecule is CCCCCCCCCCCCCCCCCCCCCCCCCCCCCCCCCC(O)C(=O)NC(CO)C(O)C(O)CCCCCCCC. The molecule has 5 N–H and O–H groups in total. The quantitative estimate of drug-likeness (QED) is 0.0398. The van der Waals surface area contributed by atoms with E-state index < -0.39 is 36.9 Å². The summed E-state index contributed by atoms with van der Waals surface area (Å²) in [5, 5.41) is 43.3. The molecule has 0 heterocycles. The monoisotopic (exact) mass is 754 g/mol. The van der Waals surface area contributed by atoms with E-state index in [1.165, 1.54) is 199 Å². The summed E-state index contributed by atoms with van der Waals surface area (Å²) >= 11 is 0. The highest BCUT2D eigenvalue weighted by Crippen LogP contribution is 2.18. The first-order valence-corrected chi connectivity index (χ1v) is 23.9. The van der Waals surface area contributed by atoms with Gasteiger partial charge in [-0.2, -0.15) is 0 Å². The van der Waals surface area contributed by atoms with Crippen LogP contribution in [0.2, 0.25) is 0 Å². The lowest BCUT2D eigenvalue weighted by Gasteiger charge is -2.27. The van der Waals surface area contributed by atoms with Crippen LogP contribution in [-0.4, -0.2) is 57.3 Å². The van der Waals surface area contributed by atoms with Gasteiger partial charge in [-0.3, -0.25) is 4.79 Å². The van der Waals surface area contributed by atoms with Crippen LogP contribution in [0.15, 0.2) is 0 Å². The minimum absolute atomic E-state index is 0.375. The van der Waals surface area contributed by atoms with E-state index in [2.05, 4.69) is 19.2 Å². The molecule has 0 aliphatic carbocycles. The fraction of sp³-hybridized carbons (Fsp3) is 0.979. The van der Waals surface area contributed by atoms with Crippen LogP contribution in [0.1, 0.15) is 264 Å². The molecule has 0 aliphatic rings. The van der Waals surface area contributed by atoms with Gasteiger partial charge in [0.1, 0.15) is 12.2 Å². The molecule has 0 saturated heterocycles. The summed E-state index contributed by atoms with van der Waals surface area (Å²) in [6.45, 7) is 3.99. The Morgan fingerprint density at radius 2 is 0.642 bits per heavy atom. The average molecular weight is 754 g/mol. The van der Waals surface area contributed by atoms with E-state index in [4.69, 9.17) is 0 Å². The molecular weight excluding hydrogens is 659 g/mol. The lowest BCUT2D eigenvalue weighted by atomic mass is 9.99. The molecule has 318 valence electrons. The van der Waals surface area contributed by atoms with Gasteiger partial charge in [-0.1, -0.05) is 251 Å². The number of hydrogen-bond acceptors (Lipinski definition) is 5. The maximum absolute atomic E-state index is 12.4. The van der Waals surface area contributed by atoms with Crippen molar-refractivity contribution in [2.45, 2.75) is 289 Å². The molecule has 4 unspecified atom stereocenters. The molecule has 0 aliphatic heterocycles. The third-order valence-corrected chi connectivity index (χ3v) is 11.6. The molecule has 0 fully saturated rings. The van der Waals surface area contributed by atoms with Crippen molar-refractivity contribution in [2.24, 2.45) is 0 Å². The first-order valence-electron chi connectivity index (χ1n) is 23.9. The topological polar surface area (TPSA) is 110 Å². The Balaban J connectivity index is 3.45. The summed E-state index contributed by atoms with van der Waals surface area (Å²) in [5.74, 6) is -0.583. The second-order valence-electron chi connectivity index (χ2n) is 16.8. The highest BCUT2D eigenvalue weighted by molar-refractivity contribution is 5.80. The molecule has 0 saturated carbocycles. The van der Waals surface area contributed by atoms with E-state index in [1.807, 2.05) is 0 Å². The summed E-state index contributed by atoms with van der Waals surface area (Å²) in [7, 11) is 0. The molecule has 6 heteroatoms. The van der Waals surface area contributed by atoms with Crippen molar-refractivity contribution in [3.8, 4) is 0 Å². The molecule has 53 heavy (non-hydrogen) atoms. The summed E-state index contributed by atoms with van der Waals surface area (Å²) in [6.07, 6.45) is 46.4. The maximum Gasteiger partial charge on any atom is 0.249 e. The van der Waals surface area contributed by atoms with Crippen molar-refractivity contribution in [3.63, 3.8) is 0 Å². The van der Waals surface area contributed by atoms with Crippen molar-refractivity contribution < 1.29 is 25.2 Å². The summed E-state index contributed by atoms with van der Waals surface area (Å²) in [6, 6.07) is -0.976. The summed E-state index contributed by atoms with van der Waals surface area (Å²) in [4.78, 5) is 12.4. The lowest BCUT2D eigenvalue weighted by molar-refractivity contribution is -0.132. The number of carbonyl (C=O) groups excluding carboxylic acids is 1. The van der Waals surface area contributed by atoms with E-state index in [9.17, 15) is 25.2 Å². The van der Waals surface area contributed by atoms with E-state index in [1.54, 1.807) is 0 Å². The molecule has 0 radical (unpaired) electrons. The normalized spacial score (nSPS) is 14.0. The maximum atomic E-state index is 12.4. The van der Waals surface area contributed by atoms with Gasteiger partial charge in [-0.25, -0.2) is 0 Å². The van der Waals surface area contributed by atoms with Gasteiger partial charge in [0.2, 0.25) is 5.91 Å². The average Bonchev–Trinajstić information content (AvgIpc) is 3.16. The van der Waals surface area contributed by atoms with Crippen molar-refractivity contribution in [3.05, 3.63) is 0 Å². The van der Waals surface area contributed by atoms with Crippen LogP contribution in [-0.2, 0) is 4.79 Å². The van der Waals surface area contributed by atoms with Gasteiger partial charge in [0.15, 0.2) is 0 Å². The number of aliphatic hydroxyl groups excluding tert-OH is 4. The molecule has 0 bridgehead atoms. The molecule has 1 amide bonds. The van der Waals surface area contributed by atoms with Crippen LogP contribution in [0.5, 0.6) is 0 Å². The zero-order valence-corrected chi connectivity index (χ0v) is 35.8. The Kier molecular flexibility index (Phi) is 41.9. The number of amides is 1. The zero-order valence-electron chi connectivity index (χ0n) is 35.8. The fourth-order valence-corrected chi connectivity index (χ4v) is 7.76. The summed E-state index contributed by atoms with van der Waals surface area (Å²) in [5.41, 5.74) is 0. The first-order chi connectivity index (χ1) is 26.0. The number of hydrogen-bond donors (Lipinski definition) is 5. The third kappa shape index (κ3) is 36.7. The number of aliphatic hydroxyl groups is 4. The van der Waals surface area contributed by atoms with Crippen LogP contribution < -0.4 is 5.32 Å². The van der Waals surface area contributed by atoms with Gasteiger partial charge in [-0.15, -0.1) is 0 Å². The smallest absolute Gasteiger partial charge is 0.249 e. The second-order valence-corrected chi connectivity index (χ2v) is 16.8. The minimum atomic E-state index is -1.25. The van der Waals surface area contributed by atoms with Gasteiger partial charge < -0.3 is 25.7 Å². The van der Waals surface area contributed by atoms with Gasteiger partial charge >= 0.3 is 0 Å². The Morgan fingerprint density at radius 1 is 0.396 bits per heavy atom. The predicted octanol–water partition coefficient (Wildman–Crippen LogP) is 12.8. The summed E-state index contributed by atoms with van der Waals surface area (Å²) < 4.78 is 0. The molecule has 0 aromatic carbocycles.